The molecule has 0 aliphatic heterocycles. The lowest BCUT2D eigenvalue weighted by Crippen LogP contribution is -2.02. The Kier molecular flexibility index (Phi) is 3.99. The average molecular weight is 379 g/mol. The first kappa shape index (κ1) is 15.4. The standard InChI is InChI=1S/C15H15BrN4O3/c1-21-9-6-8(7-10(22-2)12(9)23-3)11-13(16)19-14(17)15-18-4-5-20(11)15/h4-7H,1-3H3,(H2,17,19). The van der Waals surface area contributed by atoms with Crippen LogP contribution in [-0.4, -0.2) is 35.7 Å². The summed E-state index contributed by atoms with van der Waals surface area (Å²) in [6.07, 6.45) is 3.48. The molecule has 2 aromatic heterocycles. The largest absolute Gasteiger partial charge is 0.493 e. The maximum atomic E-state index is 5.91. The third-order valence-corrected chi connectivity index (χ3v) is 4.02. The summed E-state index contributed by atoms with van der Waals surface area (Å²) in [6, 6.07) is 3.69. The lowest BCUT2D eigenvalue weighted by atomic mass is 10.1. The molecule has 0 amide bonds. The number of benzene rings is 1. The predicted molar refractivity (Wildman–Crippen MR) is 90.2 cm³/mol. The van der Waals surface area contributed by atoms with E-state index in [1.807, 2.05) is 22.7 Å². The van der Waals surface area contributed by atoms with Crippen LogP contribution in [0.1, 0.15) is 0 Å². The van der Waals surface area contributed by atoms with Crippen LogP contribution in [-0.2, 0) is 0 Å². The van der Waals surface area contributed by atoms with Gasteiger partial charge in [0, 0.05) is 18.0 Å². The molecule has 0 unspecified atom stereocenters. The van der Waals surface area contributed by atoms with Crippen molar-refractivity contribution in [2.24, 2.45) is 0 Å². The van der Waals surface area contributed by atoms with Crippen LogP contribution in [0.5, 0.6) is 17.2 Å². The number of aromatic nitrogens is 3. The van der Waals surface area contributed by atoms with Crippen molar-refractivity contribution in [2.45, 2.75) is 0 Å². The molecule has 0 saturated carbocycles. The first-order valence-corrected chi connectivity index (χ1v) is 7.48. The van der Waals surface area contributed by atoms with E-state index < -0.39 is 0 Å². The normalized spacial score (nSPS) is 10.8. The van der Waals surface area contributed by atoms with Crippen LogP contribution in [0.4, 0.5) is 5.82 Å². The number of nitrogens with zero attached hydrogens (tertiary/aromatic N) is 3. The molecule has 0 saturated heterocycles. The van der Waals surface area contributed by atoms with E-state index >= 15 is 0 Å². The Morgan fingerprint density at radius 2 is 1.74 bits per heavy atom. The summed E-state index contributed by atoms with van der Waals surface area (Å²) >= 11 is 3.47. The molecule has 23 heavy (non-hydrogen) atoms. The third-order valence-electron chi connectivity index (χ3n) is 3.46. The number of rotatable bonds is 4. The van der Waals surface area contributed by atoms with Gasteiger partial charge in [0.15, 0.2) is 23.0 Å². The second kappa shape index (κ2) is 5.96. The van der Waals surface area contributed by atoms with E-state index in [1.54, 1.807) is 27.5 Å². The lowest BCUT2D eigenvalue weighted by Gasteiger charge is -2.15. The second-order valence-corrected chi connectivity index (χ2v) is 5.42. The maximum Gasteiger partial charge on any atom is 0.203 e. The highest BCUT2D eigenvalue weighted by atomic mass is 79.9. The van der Waals surface area contributed by atoms with Crippen LogP contribution in [0.25, 0.3) is 16.9 Å². The molecule has 3 rings (SSSR count). The Morgan fingerprint density at radius 1 is 1.09 bits per heavy atom. The zero-order valence-corrected chi connectivity index (χ0v) is 14.4. The van der Waals surface area contributed by atoms with Crippen LogP contribution >= 0.6 is 15.9 Å². The van der Waals surface area contributed by atoms with Crippen molar-refractivity contribution in [1.29, 1.82) is 0 Å². The zero-order valence-electron chi connectivity index (χ0n) is 12.8. The summed E-state index contributed by atoms with van der Waals surface area (Å²) in [7, 11) is 4.71. The van der Waals surface area contributed by atoms with Gasteiger partial charge in [-0.1, -0.05) is 0 Å². The van der Waals surface area contributed by atoms with E-state index in [1.165, 1.54) is 0 Å². The van der Waals surface area contributed by atoms with Crippen molar-refractivity contribution in [1.82, 2.24) is 14.4 Å². The van der Waals surface area contributed by atoms with Gasteiger partial charge in [0.05, 0.1) is 27.0 Å². The highest BCUT2D eigenvalue weighted by Gasteiger charge is 2.19. The average Bonchev–Trinajstić information content (AvgIpc) is 3.03. The monoisotopic (exact) mass is 378 g/mol. The molecule has 120 valence electrons. The molecule has 2 heterocycles. The fourth-order valence-electron chi connectivity index (χ4n) is 2.46. The molecule has 0 bridgehead atoms. The van der Waals surface area contributed by atoms with Gasteiger partial charge >= 0.3 is 0 Å². The van der Waals surface area contributed by atoms with Crippen LogP contribution in [0, 0.1) is 0 Å². The quantitative estimate of drug-likeness (QED) is 0.751. The Morgan fingerprint density at radius 3 is 2.30 bits per heavy atom. The van der Waals surface area contributed by atoms with Crippen LogP contribution in [0.3, 0.4) is 0 Å². The van der Waals surface area contributed by atoms with Gasteiger partial charge in [-0.2, -0.15) is 0 Å². The van der Waals surface area contributed by atoms with E-state index in [4.69, 9.17) is 19.9 Å². The molecule has 0 aliphatic carbocycles. The van der Waals surface area contributed by atoms with Gasteiger partial charge in [0.1, 0.15) is 4.60 Å². The van der Waals surface area contributed by atoms with Crippen molar-refractivity contribution < 1.29 is 14.2 Å². The molecule has 0 fully saturated rings. The number of imidazole rings is 1. The van der Waals surface area contributed by atoms with E-state index in [0.29, 0.717) is 33.3 Å². The first-order chi connectivity index (χ1) is 11.1. The minimum Gasteiger partial charge on any atom is -0.493 e. The van der Waals surface area contributed by atoms with Gasteiger partial charge in [-0.25, -0.2) is 9.97 Å². The topological polar surface area (TPSA) is 83.9 Å². The van der Waals surface area contributed by atoms with Gasteiger partial charge in [0.25, 0.3) is 0 Å². The number of nitrogens with two attached hydrogens (primary N) is 1. The molecule has 7 nitrogen and oxygen atoms in total. The van der Waals surface area contributed by atoms with Crippen molar-refractivity contribution in [3.8, 4) is 28.5 Å². The molecule has 3 aromatic rings. The third kappa shape index (κ3) is 2.44. The molecule has 8 heteroatoms. The Labute approximate surface area is 141 Å². The molecule has 2 N–H and O–H groups in total. The summed E-state index contributed by atoms with van der Waals surface area (Å²) in [6.45, 7) is 0. The van der Waals surface area contributed by atoms with E-state index in [2.05, 4.69) is 25.9 Å². The Hall–Kier alpha value is -2.48. The first-order valence-electron chi connectivity index (χ1n) is 6.69. The van der Waals surface area contributed by atoms with Crippen molar-refractivity contribution in [3.05, 3.63) is 29.1 Å². The zero-order chi connectivity index (χ0) is 16.6. The molecular weight excluding hydrogens is 364 g/mol. The molecule has 0 aliphatic rings. The van der Waals surface area contributed by atoms with Gasteiger partial charge in [-0.05, 0) is 28.1 Å². The van der Waals surface area contributed by atoms with Gasteiger partial charge in [-0.15, -0.1) is 0 Å². The Bertz CT molecular complexity index is 854. The highest BCUT2D eigenvalue weighted by Crippen LogP contribution is 2.42. The second-order valence-electron chi connectivity index (χ2n) is 4.67. The van der Waals surface area contributed by atoms with Crippen molar-refractivity contribution in [3.63, 3.8) is 0 Å². The number of nitrogen functional groups attached to an aromatic ring is 1. The Balaban J connectivity index is 2.33. The van der Waals surface area contributed by atoms with Crippen LogP contribution in [0.15, 0.2) is 29.1 Å². The summed E-state index contributed by atoms with van der Waals surface area (Å²) < 4.78 is 18.6. The summed E-state index contributed by atoms with van der Waals surface area (Å²) in [5.41, 5.74) is 8.10. The van der Waals surface area contributed by atoms with Gasteiger partial charge in [0.2, 0.25) is 5.75 Å². The minimum absolute atomic E-state index is 0.345. The SMILES string of the molecule is COc1cc(-c2c(Br)nc(N)c3nccn23)cc(OC)c1OC. The maximum absolute atomic E-state index is 5.91. The highest BCUT2D eigenvalue weighted by molar-refractivity contribution is 9.10. The summed E-state index contributed by atoms with van der Waals surface area (Å²) in [5.74, 6) is 1.98. The van der Waals surface area contributed by atoms with E-state index in [-0.39, 0.29) is 0 Å². The number of methoxy groups -OCH3 is 3. The van der Waals surface area contributed by atoms with Crippen LogP contribution < -0.4 is 19.9 Å². The number of halogens is 1. The number of anilines is 1. The van der Waals surface area contributed by atoms with Gasteiger partial charge < -0.3 is 19.9 Å². The number of ether oxygens (including phenoxy) is 3. The van der Waals surface area contributed by atoms with E-state index in [9.17, 15) is 0 Å². The van der Waals surface area contributed by atoms with Crippen molar-refractivity contribution >= 4 is 27.4 Å². The smallest absolute Gasteiger partial charge is 0.203 e. The van der Waals surface area contributed by atoms with E-state index in [0.717, 1.165) is 11.3 Å². The molecular formula is C15H15BrN4O3. The van der Waals surface area contributed by atoms with Gasteiger partial charge in [-0.3, -0.25) is 4.40 Å². The number of fused-ring (bicyclic) bond motifs is 1. The van der Waals surface area contributed by atoms with Crippen LogP contribution in [0.2, 0.25) is 0 Å². The molecule has 1 aromatic carbocycles. The van der Waals surface area contributed by atoms with Crippen molar-refractivity contribution in [2.75, 3.05) is 27.1 Å². The molecule has 0 radical (unpaired) electrons. The molecule has 0 atom stereocenters. The fraction of sp³-hybridized carbons (Fsp3) is 0.200. The summed E-state index contributed by atoms with van der Waals surface area (Å²) in [5, 5.41) is 0. The minimum atomic E-state index is 0.345. The predicted octanol–water partition coefficient (Wildman–Crippen LogP) is 2.77. The number of hydrogen-bond acceptors (Lipinski definition) is 6. The number of hydrogen-bond donors (Lipinski definition) is 1. The molecule has 0 spiro atoms. The summed E-state index contributed by atoms with van der Waals surface area (Å²) in [4.78, 5) is 8.53. The lowest BCUT2D eigenvalue weighted by molar-refractivity contribution is 0.324. The fourth-order valence-corrected chi connectivity index (χ4v) is 3.07.